The van der Waals surface area contributed by atoms with Crippen molar-refractivity contribution in [3.63, 3.8) is 0 Å². The van der Waals surface area contributed by atoms with E-state index >= 15 is 0 Å². The molecule has 0 aliphatic rings. The molecule has 13 heavy (non-hydrogen) atoms. The molecule has 1 heterocycles. The molecule has 0 aliphatic carbocycles. The molecule has 0 amide bonds. The number of hydrogen-bond donors (Lipinski definition) is 0. The van der Waals surface area contributed by atoms with Crippen LogP contribution in [0.25, 0.3) is 0 Å². The van der Waals surface area contributed by atoms with Gasteiger partial charge in [0, 0.05) is 11.3 Å². The highest BCUT2D eigenvalue weighted by molar-refractivity contribution is 7.10. The van der Waals surface area contributed by atoms with Crippen LogP contribution in [0, 0.1) is 6.92 Å². The lowest BCUT2D eigenvalue weighted by atomic mass is 10.00. The quantitative estimate of drug-likeness (QED) is 0.720. The number of carbonyl (C=O) groups is 1. The van der Waals surface area contributed by atoms with Crippen molar-refractivity contribution >= 4 is 17.1 Å². The van der Waals surface area contributed by atoms with Crippen molar-refractivity contribution in [1.29, 1.82) is 0 Å². The van der Waals surface area contributed by atoms with Crippen molar-refractivity contribution in [3.05, 3.63) is 21.9 Å². The Morgan fingerprint density at radius 3 is 2.77 bits per heavy atom. The Morgan fingerprint density at radius 2 is 2.31 bits per heavy atom. The minimum absolute atomic E-state index is 0.293. The molecule has 1 rings (SSSR count). The highest BCUT2D eigenvalue weighted by Gasteiger charge is 2.10. The Balaban J connectivity index is 2.53. The number of thiophene rings is 1. The molecule has 0 bridgehead atoms. The first kappa shape index (κ1) is 10.5. The van der Waals surface area contributed by atoms with Gasteiger partial charge in [0.05, 0.1) is 0 Å². The number of rotatable bonds is 4. The highest BCUT2D eigenvalue weighted by Crippen LogP contribution is 2.28. The first-order chi connectivity index (χ1) is 6.11. The van der Waals surface area contributed by atoms with Gasteiger partial charge >= 0.3 is 0 Å². The van der Waals surface area contributed by atoms with Crippen LogP contribution < -0.4 is 0 Å². The smallest absolute Gasteiger partial charge is 0.129 e. The normalized spacial score (nSPS) is 12.8. The molecule has 0 saturated carbocycles. The van der Waals surface area contributed by atoms with E-state index in [9.17, 15) is 4.79 Å². The highest BCUT2D eigenvalue weighted by atomic mass is 32.1. The van der Waals surface area contributed by atoms with Crippen LogP contribution in [0.5, 0.6) is 0 Å². The van der Waals surface area contributed by atoms with Crippen LogP contribution in [0.3, 0.4) is 0 Å². The van der Waals surface area contributed by atoms with Gasteiger partial charge in [-0.2, -0.15) is 0 Å². The minimum atomic E-state index is 0.293. The van der Waals surface area contributed by atoms with Gasteiger partial charge in [0.2, 0.25) is 0 Å². The van der Waals surface area contributed by atoms with Gasteiger partial charge in [-0.1, -0.05) is 6.92 Å². The lowest BCUT2D eigenvalue weighted by molar-refractivity contribution is -0.117. The van der Waals surface area contributed by atoms with Crippen molar-refractivity contribution in [2.45, 2.75) is 39.5 Å². The second-order valence-electron chi connectivity index (χ2n) is 3.61. The summed E-state index contributed by atoms with van der Waals surface area (Å²) in [7, 11) is 0. The van der Waals surface area contributed by atoms with Crippen LogP contribution >= 0.6 is 11.3 Å². The third-order valence-corrected chi connectivity index (χ3v) is 3.53. The second-order valence-corrected chi connectivity index (χ2v) is 4.56. The lowest BCUT2D eigenvalue weighted by Crippen LogP contribution is -1.97. The molecule has 0 fully saturated rings. The van der Waals surface area contributed by atoms with E-state index in [-0.39, 0.29) is 0 Å². The Kier molecular flexibility index (Phi) is 3.67. The Bertz CT molecular complexity index is 288. The summed E-state index contributed by atoms with van der Waals surface area (Å²) in [6.45, 7) is 5.99. The summed E-state index contributed by atoms with van der Waals surface area (Å²) in [4.78, 5) is 12.2. The maximum atomic E-state index is 10.8. The predicted molar refractivity (Wildman–Crippen MR) is 57.4 cm³/mol. The van der Waals surface area contributed by atoms with Gasteiger partial charge in [-0.3, -0.25) is 0 Å². The fraction of sp³-hybridized carbons (Fsp3) is 0.545. The fourth-order valence-electron chi connectivity index (χ4n) is 1.44. The van der Waals surface area contributed by atoms with Crippen LogP contribution in [0.4, 0.5) is 0 Å². The van der Waals surface area contributed by atoms with E-state index in [0.29, 0.717) is 18.1 Å². The van der Waals surface area contributed by atoms with Crippen LogP contribution in [0.2, 0.25) is 0 Å². The molecule has 1 atom stereocenters. The zero-order valence-corrected chi connectivity index (χ0v) is 9.28. The summed E-state index contributed by atoms with van der Waals surface area (Å²) >= 11 is 1.80. The van der Waals surface area contributed by atoms with E-state index in [4.69, 9.17) is 0 Å². The van der Waals surface area contributed by atoms with E-state index in [1.807, 2.05) is 0 Å². The molecule has 72 valence electrons. The van der Waals surface area contributed by atoms with Crippen LogP contribution in [0.15, 0.2) is 11.4 Å². The summed E-state index contributed by atoms with van der Waals surface area (Å²) in [6, 6.07) is 2.14. The topological polar surface area (TPSA) is 17.1 Å². The van der Waals surface area contributed by atoms with Gasteiger partial charge in [0.15, 0.2) is 0 Å². The van der Waals surface area contributed by atoms with Crippen molar-refractivity contribution in [2.75, 3.05) is 0 Å². The summed E-state index contributed by atoms with van der Waals surface area (Å²) in [5, 5.41) is 2.12. The van der Waals surface area contributed by atoms with Gasteiger partial charge in [-0.05, 0) is 43.2 Å². The van der Waals surface area contributed by atoms with E-state index < -0.39 is 0 Å². The number of carbonyl (C=O) groups excluding carboxylic acids is 1. The maximum absolute atomic E-state index is 10.8. The molecule has 0 N–H and O–H groups in total. The molecule has 0 spiro atoms. The molecule has 2 heteroatoms. The van der Waals surface area contributed by atoms with E-state index in [1.165, 1.54) is 10.4 Å². The third kappa shape index (κ3) is 2.96. The largest absolute Gasteiger partial charge is 0.300 e. The number of hydrogen-bond acceptors (Lipinski definition) is 2. The molecule has 0 aromatic carbocycles. The Labute approximate surface area is 83.8 Å². The van der Waals surface area contributed by atoms with Gasteiger partial charge in [-0.15, -0.1) is 11.3 Å². The van der Waals surface area contributed by atoms with E-state index in [1.54, 1.807) is 18.3 Å². The SMILES string of the molecule is CC(=O)CCC(C)c1sccc1C. The first-order valence-corrected chi connectivity index (χ1v) is 5.52. The summed E-state index contributed by atoms with van der Waals surface area (Å²) in [5.41, 5.74) is 1.36. The van der Waals surface area contributed by atoms with Crippen molar-refractivity contribution in [2.24, 2.45) is 0 Å². The van der Waals surface area contributed by atoms with Crippen molar-refractivity contribution in [3.8, 4) is 0 Å². The van der Waals surface area contributed by atoms with Crippen LogP contribution in [-0.2, 0) is 4.79 Å². The van der Waals surface area contributed by atoms with Crippen LogP contribution in [-0.4, -0.2) is 5.78 Å². The lowest BCUT2D eigenvalue weighted by Gasteiger charge is -2.08. The van der Waals surface area contributed by atoms with Gasteiger partial charge < -0.3 is 4.79 Å². The van der Waals surface area contributed by atoms with Gasteiger partial charge in [0.25, 0.3) is 0 Å². The number of Topliss-reactive ketones (excluding diaryl/α,β-unsaturated/α-hetero) is 1. The molecule has 1 aromatic rings. The van der Waals surface area contributed by atoms with Crippen molar-refractivity contribution in [1.82, 2.24) is 0 Å². The number of ketones is 1. The standard InChI is InChI=1S/C11H16OS/c1-8(4-5-10(3)12)11-9(2)6-7-13-11/h6-8H,4-5H2,1-3H3. The number of aryl methyl sites for hydroxylation is 1. The second kappa shape index (κ2) is 4.56. The summed E-state index contributed by atoms with van der Waals surface area (Å²) in [5.74, 6) is 0.824. The van der Waals surface area contributed by atoms with Gasteiger partial charge in [-0.25, -0.2) is 0 Å². The summed E-state index contributed by atoms with van der Waals surface area (Å²) < 4.78 is 0. The predicted octanol–water partition coefficient (Wildman–Crippen LogP) is 3.53. The van der Waals surface area contributed by atoms with Crippen LogP contribution in [0.1, 0.15) is 43.0 Å². The average molecular weight is 196 g/mol. The monoisotopic (exact) mass is 196 g/mol. The maximum Gasteiger partial charge on any atom is 0.129 e. The first-order valence-electron chi connectivity index (χ1n) is 4.64. The van der Waals surface area contributed by atoms with Gasteiger partial charge in [0.1, 0.15) is 5.78 Å². The average Bonchev–Trinajstić information content (AvgIpc) is 2.47. The Morgan fingerprint density at radius 1 is 1.62 bits per heavy atom. The molecule has 0 saturated heterocycles. The summed E-state index contributed by atoms with van der Waals surface area (Å²) in [6.07, 6.45) is 1.69. The molecule has 1 aromatic heterocycles. The molecule has 0 aliphatic heterocycles. The minimum Gasteiger partial charge on any atom is -0.300 e. The molecular weight excluding hydrogens is 180 g/mol. The molecular formula is C11H16OS. The zero-order chi connectivity index (χ0) is 9.84. The molecule has 0 radical (unpaired) electrons. The zero-order valence-electron chi connectivity index (χ0n) is 8.46. The fourth-order valence-corrected chi connectivity index (χ4v) is 2.46. The van der Waals surface area contributed by atoms with E-state index in [0.717, 1.165) is 6.42 Å². The molecule has 1 nitrogen and oxygen atoms in total. The molecule has 1 unspecified atom stereocenters. The Hall–Kier alpha value is -0.630. The third-order valence-electron chi connectivity index (χ3n) is 2.28. The van der Waals surface area contributed by atoms with Crippen molar-refractivity contribution < 1.29 is 4.79 Å². The van der Waals surface area contributed by atoms with E-state index in [2.05, 4.69) is 25.3 Å².